The van der Waals surface area contributed by atoms with E-state index in [0.29, 0.717) is 6.42 Å². The zero-order valence-electron chi connectivity index (χ0n) is 12.0. The molecule has 112 valence electrons. The van der Waals surface area contributed by atoms with Crippen molar-refractivity contribution < 1.29 is 14.3 Å². The number of carbonyl (C=O) groups excluding carboxylic acids is 2. The van der Waals surface area contributed by atoms with Crippen LogP contribution in [0.1, 0.15) is 6.42 Å². The molecular formula is C13H22N4O3. The number of carbonyl (C=O) groups is 2. The quantitative estimate of drug-likeness (QED) is 0.654. The number of methoxy groups -OCH3 is 1. The predicted octanol–water partition coefficient (Wildman–Crippen LogP) is -1.06. The lowest BCUT2D eigenvalue weighted by Crippen LogP contribution is -2.50. The van der Waals surface area contributed by atoms with Crippen molar-refractivity contribution in [1.29, 1.82) is 0 Å². The van der Waals surface area contributed by atoms with Crippen molar-refractivity contribution in [2.45, 2.75) is 24.5 Å². The van der Waals surface area contributed by atoms with Crippen LogP contribution in [0.2, 0.25) is 0 Å². The normalized spacial score (nSPS) is 34.5. The summed E-state index contributed by atoms with van der Waals surface area (Å²) >= 11 is 0. The smallest absolute Gasteiger partial charge is 0.323 e. The molecule has 3 fully saturated rings. The zero-order chi connectivity index (χ0) is 14.3. The van der Waals surface area contributed by atoms with Crippen LogP contribution in [0.25, 0.3) is 0 Å². The van der Waals surface area contributed by atoms with Crippen LogP contribution in [0.3, 0.4) is 0 Å². The number of urea groups is 1. The Bertz CT molecular complexity index is 416. The molecule has 3 rings (SSSR count). The summed E-state index contributed by atoms with van der Waals surface area (Å²) in [6.07, 6.45) is 0.670. The van der Waals surface area contributed by atoms with Crippen LogP contribution in [0.5, 0.6) is 0 Å². The first-order valence-electron chi connectivity index (χ1n) is 7.18. The number of ether oxygens (including phenoxy) is 1. The second-order valence-corrected chi connectivity index (χ2v) is 5.85. The lowest BCUT2D eigenvalue weighted by atomic mass is 10.1. The van der Waals surface area contributed by atoms with Gasteiger partial charge in [-0.1, -0.05) is 0 Å². The number of nitrogens with zero attached hydrogens (tertiary/aromatic N) is 3. The molecule has 1 N–H and O–H groups in total. The Labute approximate surface area is 118 Å². The van der Waals surface area contributed by atoms with Gasteiger partial charge >= 0.3 is 12.0 Å². The number of amides is 2. The highest BCUT2D eigenvalue weighted by Crippen LogP contribution is 2.27. The average molecular weight is 282 g/mol. The summed E-state index contributed by atoms with van der Waals surface area (Å²) in [5, 5.41) is 3.33. The Hall–Kier alpha value is -1.34. The summed E-state index contributed by atoms with van der Waals surface area (Å²) in [5.41, 5.74) is 0. The number of likely N-dealkylation sites (N-methyl/N-ethyl adjacent to an activating group) is 1. The van der Waals surface area contributed by atoms with Crippen molar-refractivity contribution >= 4 is 12.0 Å². The number of nitrogens with one attached hydrogen (secondary N) is 1. The molecule has 3 saturated heterocycles. The van der Waals surface area contributed by atoms with Gasteiger partial charge in [-0.25, -0.2) is 4.79 Å². The van der Waals surface area contributed by atoms with Crippen molar-refractivity contribution in [3.63, 3.8) is 0 Å². The number of fused-ring (bicyclic) bond motifs is 1. The van der Waals surface area contributed by atoms with Gasteiger partial charge in [0.1, 0.15) is 6.04 Å². The van der Waals surface area contributed by atoms with Gasteiger partial charge in [-0.2, -0.15) is 0 Å². The van der Waals surface area contributed by atoms with Crippen LogP contribution in [0.15, 0.2) is 0 Å². The minimum atomic E-state index is -0.228. The van der Waals surface area contributed by atoms with Crippen molar-refractivity contribution in [2.24, 2.45) is 0 Å². The molecule has 3 heterocycles. The van der Waals surface area contributed by atoms with Crippen molar-refractivity contribution in [1.82, 2.24) is 20.0 Å². The highest BCUT2D eigenvalue weighted by molar-refractivity contribution is 5.79. The van der Waals surface area contributed by atoms with Gasteiger partial charge in [-0.15, -0.1) is 0 Å². The van der Waals surface area contributed by atoms with Gasteiger partial charge in [0.25, 0.3) is 0 Å². The third-order valence-electron chi connectivity index (χ3n) is 4.69. The third kappa shape index (κ3) is 2.14. The molecule has 0 aromatic rings. The number of hydrogen-bond donors (Lipinski definition) is 1. The molecule has 20 heavy (non-hydrogen) atoms. The van der Waals surface area contributed by atoms with Gasteiger partial charge in [-0.3, -0.25) is 9.69 Å². The van der Waals surface area contributed by atoms with E-state index in [1.807, 2.05) is 21.7 Å². The van der Waals surface area contributed by atoms with Gasteiger partial charge < -0.3 is 19.9 Å². The predicted molar refractivity (Wildman–Crippen MR) is 72.3 cm³/mol. The molecule has 0 aromatic carbocycles. The van der Waals surface area contributed by atoms with Crippen LogP contribution in [-0.4, -0.2) is 91.7 Å². The maximum absolute atomic E-state index is 12.5. The molecule has 3 atom stereocenters. The number of likely N-dealkylation sites (tertiary alicyclic amines) is 1. The first kappa shape index (κ1) is 13.6. The highest BCUT2D eigenvalue weighted by atomic mass is 16.5. The second kappa shape index (κ2) is 5.21. The summed E-state index contributed by atoms with van der Waals surface area (Å²) < 4.78 is 4.83. The first-order valence-corrected chi connectivity index (χ1v) is 7.18. The van der Waals surface area contributed by atoms with Crippen LogP contribution < -0.4 is 5.32 Å². The molecule has 2 amide bonds. The molecule has 0 spiro atoms. The first-order chi connectivity index (χ1) is 9.61. The van der Waals surface area contributed by atoms with E-state index in [1.54, 1.807) is 0 Å². The molecule has 0 bridgehead atoms. The third-order valence-corrected chi connectivity index (χ3v) is 4.69. The number of piperazine rings is 1. The molecule has 3 aliphatic heterocycles. The van der Waals surface area contributed by atoms with Crippen LogP contribution >= 0.6 is 0 Å². The minimum Gasteiger partial charge on any atom is -0.468 e. The van der Waals surface area contributed by atoms with Crippen molar-refractivity contribution in [3.05, 3.63) is 0 Å². The summed E-state index contributed by atoms with van der Waals surface area (Å²) in [6.45, 7) is 4.01. The molecule has 0 saturated carbocycles. The van der Waals surface area contributed by atoms with E-state index < -0.39 is 0 Å². The van der Waals surface area contributed by atoms with E-state index in [1.165, 1.54) is 7.11 Å². The largest absolute Gasteiger partial charge is 0.468 e. The second-order valence-electron chi connectivity index (χ2n) is 5.85. The Morgan fingerprint density at radius 1 is 1.30 bits per heavy atom. The van der Waals surface area contributed by atoms with E-state index in [-0.39, 0.29) is 30.1 Å². The van der Waals surface area contributed by atoms with E-state index in [9.17, 15) is 9.59 Å². The lowest BCUT2D eigenvalue weighted by Gasteiger charge is -2.28. The Kier molecular flexibility index (Phi) is 3.55. The average Bonchev–Trinajstić information content (AvgIpc) is 3.00. The van der Waals surface area contributed by atoms with Gasteiger partial charge in [0.15, 0.2) is 0 Å². The van der Waals surface area contributed by atoms with E-state index in [2.05, 4.69) is 5.32 Å². The Morgan fingerprint density at radius 2 is 2.10 bits per heavy atom. The number of hydrogen-bond acceptors (Lipinski definition) is 5. The fourth-order valence-electron chi connectivity index (χ4n) is 3.56. The molecule has 7 heteroatoms. The molecular weight excluding hydrogens is 260 g/mol. The summed E-state index contributed by atoms with van der Waals surface area (Å²) in [7, 11) is 3.33. The molecule has 3 aliphatic rings. The van der Waals surface area contributed by atoms with Gasteiger partial charge in [0.05, 0.1) is 13.2 Å². The monoisotopic (exact) mass is 282 g/mol. The standard InChI is InChI=1S/C13H22N4O3/c1-15-7-9(5-11(15)12(18)20-2)17-8-10-6-14-3-4-16(10)13(17)19/h9-11,14H,3-8H2,1-2H3/t9-,10-,11+/m0/s1. The van der Waals surface area contributed by atoms with Crippen LogP contribution in [-0.2, 0) is 9.53 Å². The number of rotatable bonds is 2. The lowest BCUT2D eigenvalue weighted by molar-refractivity contribution is -0.145. The van der Waals surface area contributed by atoms with Crippen LogP contribution in [0, 0.1) is 0 Å². The van der Waals surface area contributed by atoms with Gasteiger partial charge in [-0.05, 0) is 13.5 Å². The Morgan fingerprint density at radius 3 is 2.80 bits per heavy atom. The molecule has 0 aromatic heterocycles. The van der Waals surface area contributed by atoms with E-state index in [0.717, 1.165) is 32.7 Å². The maximum Gasteiger partial charge on any atom is 0.323 e. The summed E-state index contributed by atoms with van der Waals surface area (Å²) in [4.78, 5) is 30.1. The van der Waals surface area contributed by atoms with Crippen molar-refractivity contribution in [3.8, 4) is 0 Å². The summed E-state index contributed by atoms with van der Waals surface area (Å²) in [6, 6.07) is 0.287. The molecule has 0 aliphatic carbocycles. The number of esters is 1. The van der Waals surface area contributed by atoms with Crippen LogP contribution in [0.4, 0.5) is 4.79 Å². The molecule has 0 radical (unpaired) electrons. The van der Waals surface area contributed by atoms with E-state index in [4.69, 9.17) is 4.74 Å². The summed E-state index contributed by atoms with van der Waals surface area (Å²) in [5.74, 6) is -0.207. The highest BCUT2D eigenvalue weighted by Gasteiger charge is 2.46. The van der Waals surface area contributed by atoms with Gasteiger partial charge in [0.2, 0.25) is 0 Å². The fraction of sp³-hybridized carbons (Fsp3) is 0.846. The topological polar surface area (TPSA) is 65.1 Å². The molecule has 0 unspecified atom stereocenters. The maximum atomic E-state index is 12.5. The van der Waals surface area contributed by atoms with Crippen molar-refractivity contribution in [2.75, 3.05) is 46.9 Å². The Balaban J connectivity index is 1.68. The SMILES string of the molecule is COC(=O)[C@H]1C[C@H](N2C[C@@H]3CNCCN3C2=O)CN1C. The minimum absolute atomic E-state index is 0.113. The zero-order valence-corrected chi connectivity index (χ0v) is 12.0. The van der Waals surface area contributed by atoms with Gasteiger partial charge in [0, 0.05) is 38.8 Å². The van der Waals surface area contributed by atoms with E-state index >= 15 is 0 Å². The fourth-order valence-corrected chi connectivity index (χ4v) is 3.56. The molecule has 7 nitrogen and oxygen atoms in total.